The first-order chi connectivity index (χ1) is 34.8. The molecular formula is C62H119NO8. The summed E-state index contributed by atoms with van der Waals surface area (Å²) in [4.78, 5) is 13.1. The zero-order valence-electron chi connectivity index (χ0n) is 46.8. The monoisotopic (exact) mass is 1010 g/mol. The molecule has 1 fully saturated rings. The fourth-order valence-electron chi connectivity index (χ4n) is 10.1. The van der Waals surface area contributed by atoms with E-state index in [2.05, 4.69) is 43.5 Å². The normalized spacial score (nSPS) is 19.3. The largest absolute Gasteiger partial charge is 0.394 e. The smallest absolute Gasteiger partial charge is 0.220 e. The van der Waals surface area contributed by atoms with Crippen LogP contribution < -0.4 is 5.32 Å². The molecule has 71 heavy (non-hydrogen) atoms. The van der Waals surface area contributed by atoms with Crippen LogP contribution in [-0.2, 0) is 14.3 Å². The van der Waals surface area contributed by atoms with E-state index in [1.807, 2.05) is 0 Å². The van der Waals surface area contributed by atoms with Crippen LogP contribution in [-0.4, -0.2) is 87.5 Å². The van der Waals surface area contributed by atoms with Gasteiger partial charge in [0.15, 0.2) is 6.29 Å². The molecule has 9 nitrogen and oxygen atoms in total. The van der Waals surface area contributed by atoms with Gasteiger partial charge < -0.3 is 40.3 Å². The van der Waals surface area contributed by atoms with Crippen LogP contribution in [0, 0.1) is 0 Å². The van der Waals surface area contributed by atoms with Gasteiger partial charge in [0.1, 0.15) is 24.4 Å². The van der Waals surface area contributed by atoms with Crippen LogP contribution in [0.5, 0.6) is 0 Å². The molecule has 9 heteroatoms. The number of carbonyl (C=O) groups excluding carboxylic acids is 1. The van der Waals surface area contributed by atoms with Crippen LogP contribution in [0.15, 0.2) is 24.3 Å². The van der Waals surface area contributed by atoms with Crippen molar-refractivity contribution >= 4 is 5.91 Å². The molecule has 0 saturated carbocycles. The number of nitrogens with one attached hydrogen (secondary N) is 1. The van der Waals surface area contributed by atoms with Crippen molar-refractivity contribution in [2.45, 2.75) is 352 Å². The summed E-state index contributed by atoms with van der Waals surface area (Å²) in [6, 6.07) is -0.716. The van der Waals surface area contributed by atoms with E-state index < -0.39 is 49.5 Å². The molecule has 420 valence electrons. The van der Waals surface area contributed by atoms with Crippen molar-refractivity contribution in [3.63, 3.8) is 0 Å². The number of aliphatic hydroxyl groups is 5. The van der Waals surface area contributed by atoms with Crippen LogP contribution in [0.4, 0.5) is 0 Å². The highest BCUT2D eigenvalue weighted by molar-refractivity contribution is 5.76. The lowest BCUT2D eigenvalue weighted by Gasteiger charge is -2.40. The van der Waals surface area contributed by atoms with Gasteiger partial charge in [-0.2, -0.15) is 0 Å². The molecule has 1 rings (SSSR count). The minimum Gasteiger partial charge on any atom is -0.394 e. The number of rotatable bonds is 54. The first-order valence-corrected chi connectivity index (χ1v) is 31.0. The molecule has 7 atom stereocenters. The summed E-state index contributed by atoms with van der Waals surface area (Å²) < 4.78 is 11.3. The molecule has 0 radical (unpaired) electrons. The lowest BCUT2D eigenvalue weighted by molar-refractivity contribution is -0.302. The van der Waals surface area contributed by atoms with E-state index in [0.717, 1.165) is 44.9 Å². The number of amides is 1. The van der Waals surface area contributed by atoms with Gasteiger partial charge in [-0.15, -0.1) is 0 Å². The van der Waals surface area contributed by atoms with Crippen molar-refractivity contribution in [3.05, 3.63) is 24.3 Å². The minimum atomic E-state index is -1.55. The minimum absolute atomic E-state index is 0.133. The first-order valence-electron chi connectivity index (χ1n) is 31.0. The molecule has 0 aromatic heterocycles. The van der Waals surface area contributed by atoms with E-state index in [0.29, 0.717) is 12.8 Å². The first kappa shape index (κ1) is 67.7. The summed E-state index contributed by atoms with van der Waals surface area (Å²) in [7, 11) is 0. The molecule has 7 unspecified atom stereocenters. The number of hydrogen-bond donors (Lipinski definition) is 6. The van der Waals surface area contributed by atoms with Crippen LogP contribution in [0.3, 0.4) is 0 Å². The summed E-state index contributed by atoms with van der Waals surface area (Å²) >= 11 is 0. The van der Waals surface area contributed by atoms with E-state index in [1.165, 1.54) is 238 Å². The maximum atomic E-state index is 13.1. The molecule has 1 aliphatic heterocycles. The van der Waals surface area contributed by atoms with Crippen molar-refractivity contribution in [2.75, 3.05) is 13.2 Å². The lowest BCUT2D eigenvalue weighted by atomic mass is 9.99. The maximum absolute atomic E-state index is 13.1. The Morgan fingerprint density at radius 3 is 1.21 bits per heavy atom. The molecule has 0 aliphatic carbocycles. The average molecular weight is 1010 g/mol. The number of ether oxygens (including phenoxy) is 2. The molecule has 1 saturated heterocycles. The zero-order chi connectivity index (χ0) is 51.5. The summed E-state index contributed by atoms with van der Waals surface area (Å²) in [5, 5.41) is 54.7. The SMILES string of the molecule is CCCCCCC/C=C\C/C=C\CCCCCCCCCCCCCCCCCCCCCC(=O)NC(COC1OC(CO)C(O)C(O)C1O)C(O)CCCCCCCCCCCCCCCCCCC. The van der Waals surface area contributed by atoms with Gasteiger partial charge in [0.25, 0.3) is 0 Å². The van der Waals surface area contributed by atoms with E-state index >= 15 is 0 Å². The number of hydrogen-bond acceptors (Lipinski definition) is 8. The Hall–Kier alpha value is -1.33. The Labute approximate surface area is 439 Å². The summed E-state index contributed by atoms with van der Waals surface area (Å²) in [6.45, 7) is 3.87. The Balaban J connectivity index is 2.12. The van der Waals surface area contributed by atoms with Crippen LogP contribution in [0.2, 0.25) is 0 Å². The highest BCUT2D eigenvalue weighted by Crippen LogP contribution is 2.23. The highest BCUT2D eigenvalue weighted by Gasteiger charge is 2.44. The summed E-state index contributed by atoms with van der Waals surface area (Å²) in [5.41, 5.74) is 0. The maximum Gasteiger partial charge on any atom is 0.220 e. The second-order valence-corrected chi connectivity index (χ2v) is 21.9. The van der Waals surface area contributed by atoms with E-state index in [4.69, 9.17) is 9.47 Å². The molecule has 0 bridgehead atoms. The van der Waals surface area contributed by atoms with Gasteiger partial charge in [0.05, 0.1) is 25.4 Å². The van der Waals surface area contributed by atoms with Gasteiger partial charge in [0, 0.05) is 6.42 Å². The Bertz CT molecular complexity index is 1170. The molecular weight excluding hydrogens is 887 g/mol. The molecule has 0 spiro atoms. The second-order valence-electron chi connectivity index (χ2n) is 21.9. The molecule has 1 heterocycles. The van der Waals surface area contributed by atoms with Gasteiger partial charge in [-0.05, 0) is 44.9 Å². The van der Waals surface area contributed by atoms with Gasteiger partial charge >= 0.3 is 0 Å². The molecule has 1 aliphatic rings. The molecule has 1 amide bonds. The molecule has 0 aromatic carbocycles. The fourth-order valence-corrected chi connectivity index (χ4v) is 10.1. The Morgan fingerprint density at radius 2 is 0.831 bits per heavy atom. The van der Waals surface area contributed by atoms with Crippen molar-refractivity contribution in [1.82, 2.24) is 5.32 Å². The van der Waals surface area contributed by atoms with Gasteiger partial charge in [-0.3, -0.25) is 4.79 Å². The van der Waals surface area contributed by atoms with Crippen molar-refractivity contribution in [2.24, 2.45) is 0 Å². The topological polar surface area (TPSA) is 149 Å². The number of unbranched alkanes of at least 4 members (excludes halogenated alkanes) is 40. The number of aliphatic hydroxyl groups excluding tert-OH is 5. The van der Waals surface area contributed by atoms with Crippen molar-refractivity contribution in [3.8, 4) is 0 Å². The van der Waals surface area contributed by atoms with Crippen molar-refractivity contribution in [1.29, 1.82) is 0 Å². The molecule has 6 N–H and O–H groups in total. The van der Waals surface area contributed by atoms with Crippen LogP contribution in [0.25, 0.3) is 0 Å². The number of carbonyl (C=O) groups is 1. The second kappa shape index (κ2) is 52.1. The third-order valence-corrected chi connectivity index (χ3v) is 15.1. The van der Waals surface area contributed by atoms with E-state index in [1.54, 1.807) is 0 Å². The Morgan fingerprint density at radius 1 is 0.479 bits per heavy atom. The predicted molar refractivity (Wildman–Crippen MR) is 300 cm³/mol. The standard InChI is InChI=1S/C62H119NO8/c1-3-5-7-9-11-13-15-17-19-21-22-23-24-25-26-27-28-29-30-31-32-33-34-36-38-40-42-44-46-48-50-52-58(66)63-55(54-70-62-61(69)60(68)59(67)57(53-64)71-62)56(65)51-49-47-45-43-41-39-37-35-20-18-16-14-12-10-8-6-4-2/h15,17,21-22,55-57,59-62,64-65,67-69H,3-14,16,18-20,23-54H2,1-2H3,(H,63,66)/b17-15-,22-21-. The molecule has 0 aromatic rings. The fraction of sp³-hybridized carbons (Fsp3) is 0.919. The summed E-state index contributed by atoms with van der Waals surface area (Å²) in [5.74, 6) is -0.138. The summed E-state index contributed by atoms with van der Waals surface area (Å²) in [6.07, 6.45) is 59.3. The van der Waals surface area contributed by atoms with Gasteiger partial charge in [-0.25, -0.2) is 0 Å². The zero-order valence-corrected chi connectivity index (χ0v) is 46.8. The van der Waals surface area contributed by atoms with Crippen LogP contribution in [0.1, 0.15) is 309 Å². The number of allylic oxidation sites excluding steroid dienone is 4. The average Bonchev–Trinajstić information content (AvgIpc) is 3.37. The Kier molecular flexibility index (Phi) is 49.7. The van der Waals surface area contributed by atoms with Gasteiger partial charge in [0.2, 0.25) is 5.91 Å². The van der Waals surface area contributed by atoms with Crippen molar-refractivity contribution < 1.29 is 39.8 Å². The third kappa shape index (κ3) is 41.6. The van der Waals surface area contributed by atoms with E-state index in [9.17, 15) is 30.3 Å². The highest BCUT2D eigenvalue weighted by atomic mass is 16.7. The predicted octanol–water partition coefficient (Wildman–Crippen LogP) is 15.7. The quantitative estimate of drug-likeness (QED) is 0.0261. The van der Waals surface area contributed by atoms with Gasteiger partial charge in [-0.1, -0.05) is 282 Å². The third-order valence-electron chi connectivity index (χ3n) is 15.1. The van der Waals surface area contributed by atoms with E-state index in [-0.39, 0.29) is 12.5 Å². The lowest BCUT2D eigenvalue weighted by Crippen LogP contribution is -2.60. The van der Waals surface area contributed by atoms with Crippen LogP contribution >= 0.6 is 0 Å².